The van der Waals surface area contributed by atoms with Crippen molar-refractivity contribution < 1.29 is 9.30 Å². The van der Waals surface area contributed by atoms with Gasteiger partial charge in [0.25, 0.3) is 0 Å². The molecule has 0 spiro atoms. The summed E-state index contributed by atoms with van der Waals surface area (Å²) >= 11 is 0. The molecule has 1 saturated heterocycles. The zero-order valence-corrected chi connectivity index (χ0v) is 9.88. The maximum atomic E-state index is 12.2. The van der Waals surface area contributed by atoms with Gasteiger partial charge in [-0.25, -0.2) is 4.98 Å². The van der Waals surface area contributed by atoms with Crippen LogP contribution in [0.2, 0.25) is 0 Å². The lowest BCUT2D eigenvalue weighted by atomic mass is 10.4. The van der Waals surface area contributed by atoms with Crippen LogP contribution in [0.1, 0.15) is 6.42 Å². The van der Waals surface area contributed by atoms with Crippen molar-refractivity contribution in [2.45, 2.75) is 6.42 Å². The van der Waals surface area contributed by atoms with Crippen LogP contribution < -0.4 is 15.5 Å². The third-order valence-electron chi connectivity index (χ3n) is 2.76. The van der Waals surface area contributed by atoms with Gasteiger partial charge in [0.15, 0.2) is 0 Å². The average Bonchev–Trinajstić information content (AvgIpc) is 2.25. The molecule has 0 amide bonds. The number of nitrogens with zero attached hydrogens (tertiary/aromatic N) is 1. The molecule has 15 heavy (non-hydrogen) atoms. The van der Waals surface area contributed by atoms with E-state index in [4.69, 9.17) is 4.74 Å². The summed E-state index contributed by atoms with van der Waals surface area (Å²) in [7, 11) is 1.25. The van der Waals surface area contributed by atoms with Crippen molar-refractivity contribution in [3.8, 4) is 5.88 Å². The number of anilines is 1. The molecule has 1 aromatic heterocycles. The van der Waals surface area contributed by atoms with E-state index in [1.807, 2.05) is 19.2 Å². The molecular formula is C10H15N2O2P. The van der Waals surface area contributed by atoms with Gasteiger partial charge >= 0.3 is 0 Å². The van der Waals surface area contributed by atoms with Gasteiger partial charge in [0, 0.05) is 19.4 Å². The summed E-state index contributed by atoms with van der Waals surface area (Å²) in [6.45, 7) is 0. The second-order valence-electron chi connectivity index (χ2n) is 3.67. The summed E-state index contributed by atoms with van der Waals surface area (Å²) in [6.07, 6.45) is 2.64. The lowest BCUT2D eigenvalue weighted by molar-refractivity contribution is 0.401. The molecule has 2 heterocycles. The van der Waals surface area contributed by atoms with Crippen LogP contribution in [0.4, 0.5) is 5.69 Å². The van der Waals surface area contributed by atoms with E-state index in [1.54, 1.807) is 7.11 Å². The molecule has 0 radical (unpaired) electrons. The summed E-state index contributed by atoms with van der Waals surface area (Å²) in [5.41, 5.74) is 1.54. The highest BCUT2D eigenvalue weighted by atomic mass is 31.2. The summed E-state index contributed by atoms with van der Waals surface area (Å²) in [4.78, 5) is 4.31. The fraction of sp³-hybridized carbons (Fsp3) is 0.500. The third kappa shape index (κ3) is 1.74. The molecule has 0 bridgehead atoms. The van der Waals surface area contributed by atoms with Crippen LogP contribution >= 0.6 is 7.14 Å². The van der Waals surface area contributed by atoms with Gasteiger partial charge in [-0.3, -0.25) is 0 Å². The number of aromatic nitrogens is 1. The standard InChI is InChI=1S/C10H15N2O2P/c1-11-8-4-5-9(12-10(8)14-2)15(13)6-3-7-15/h4-5,11H,3,6-7H2,1-2H3. The van der Waals surface area contributed by atoms with E-state index in [9.17, 15) is 4.57 Å². The van der Waals surface area contributed by atoms with E-state index in [0.717, 1.165) is 24.4 Å². The lowest BCUT2D eigenvalue weighted by Crippen LogP contribution is -2.22. The fourth-order valence-electron chi connectivity index (χ4n) is 1.68. The zero-order chi connectivity index (χ0) is 10.9. The summed E-state index contributed by atoms with van der Waals surface area (Å²) in [5.74, 6) is 0.525. The van der Waals surface area contributed by atoms with Crippen LogP contribution in [-0.4, -0.2) is 31.5 Å². The number of nitrogens with one attached hydrogen (secondary N) is 1. The third-order valence-corrected chi connectivity index (χ3v) is 5.93. The molecule has 5 heteroatoms. The van der Waals surface area contributed by atoms with Gasteiger partial charge in [0.05, 0.1) is 12.8 Å². The highest BCUT2D eigenvalue weighted by molar-refractivity contribution is 7.72. The monoisotopic (exact) mass is 226 g/mol. The Morgan fingerprint density at radius 1 is 1.47 bits per heavy atom. The number of hydrogen-bond donors (Lipinski definition) is 1. The Balaban J connectivity index is 2.38. The highest BCUT2D eigenvalue weighted by Crippen LogP contribution is 2.53. The predicted molar refractivity (Wildman–Crippen MR) is 61.9 cm³/mol. The fourth-order valence-corrected chi connectivity index (χ4v) is 3.65. The Labute approximate surface area is 89.4 Å². The van der Waals surface area contributed by atoms with Gasteiger partial charge in [-0.15, -0.1) is 0 Å². The van der Waals surface area contributed by atoms with Crippen molar-refractivity contribution in [2.75, 3.05) is 31.8 Å². The van der Waals surface area contributed by atoms with Crippen molar-refractivity contribution in [1.82, 2.24) is 4.98 Å². The molecular weight excluding hydrogens is 211 g/mol. The molecule has 0 aliphatic carbocycles. The van der Waals surface area contributed by atoms with Gasteiger partial charge in [-0.05, 0) is 18.6 Å². The molecule has 1 aromatic rings. The summed E-state index contributed by atoms with van der Waals surface area (Å²) in [6, 6.07) is 3.72. The first-order valence-corrected chi connectivity index (χ1v) is 7.09. The maximum absolute atomic E-state index is 12.2. The Hall–Kier alpha value is -1.02. The SMILES string of the molecule is CNc1ccc(P2(=O)CCC2)nc1OC. The number of rotatable bonds is 3. The molecule has 82 valence electrons. The van der Waals surface area contributed by atoms with Crippen LogP contribution in [0, 0.1) is 0 Å². The molecule has 2 rings (SSSR count). The molecule has 0 saturated carbocycles. The second-order valence-corrected chi connectivity index (χ2v) is 6.80. The van der Waals surface area contributed by atoms with Gasteiger partial charge in [0.1, 0.15) is 12.6 Å². The first-order chi connectivity index (χ1) is 7.19. The molecule has 1 fully saturated rings. The van der Waals surface area contributed by atoms with Crippen LogP contribution in [0.15, 0.2) is 12.1 Å². The van der Waals surface area contributed by atoms with Crippen molar-refractivity contribution >= 4 is 18.3 Å². The van der Waals surface area contributed by atoms with Crippen LogP contribution in [0.3, 0.4) is 0 Å². The van der Waals surface area contributed by atoms with Gasteiger partial charge in [-0.2, -0.15) is 0 Å². The first kappa shape index (κ1) is 10.5. The summed E-state index contributed by atoms with van der Waals surface area (Å²) in [5, 5.41) is 2.98. The Morgan fingerprint density at radius 3 is 2.67 bits per heavy atom. The summed E-state index contributed by atoms with van der Waals surface area (Å²) < 4.78 is 17.3. The minimum absolute atomic E-state index is 0.525. The largest absolute Gasteiger partial charge is 0.480 e. The van der Waals surface area contributed by atoms with Gasteiger partial charge in [-0.1, -0.05) is 0 Å². The molecule has 0 unspecified atom stereocenters. The zero-order valence-electron chi connectivity index (χ0n) is 8.99. The van der Waals surface area contributed by atoms with Crippen LogP contribution in [-0.2, 0) is 4.57 Å². The number of pyridine rings is 1. The first-order valence-electron chi connectivity index (χ1n) is 5.01. The quantitative estimate of drug-likeness (QED) is 0.794. The minimum Gasteiger partial charge on any atom is -0.480 e. The normalized spacial score (nSPS) is 18.0. The smallest absolute Gasteiger partial charge is 0.237 e. The molecule has 4 nitrogen and oxygen atoms in total. The van der Waals surface area contributed by atoms with E-state index >= 15 is 0 Å². The van der Waals surface area contributed by atoms with Gasteiger partial charge in [0.2, 0.25) is 5.88 Å². The topological polar surface area (TPSA) is 51.2 Å². The average molecular weight is 226 g/mol. The second kappa shape index (κ2) is 3.86. The van der Waals surface area contributed by atoms with E-state index in [-0.39, 0.29) is 0 Å². The van der Waals surface area contributed by atoms with Crippen molar-refractivity contribution in [3.63, 3.8) is 0 Å². The Morgan fingerprint density at radius 2 is 2.20 bits per heavy atom. The number of hydrogen-bond acceptors (Lipinski definition) is 4. The Kier molecular flexibility index (Phi) is 2.70. The number of methoxy groups -OCH3 is 1. The van der Waals surface area contributed by atoms with E-state index in [0.29, 0.717) is 11.3 Å². The van der Waals surface area contributed by atoms with E-state index in [2.05, 4.69) is 10.3 Å². The minimum atomic E-state index is -2.13. The van der Waals surface area contributed by atoms with E-state index < -0.39 is 7.14 Å². The number of ether oxygens (including phenoxy) is 1. The molecule has 1 aliphatic rings. The lowest BCUT2D eigenvalue weighted by Gasteiger charge is -2.26. The van der Waals surface area contributed by atoms with E-state index in [1.165, 1.54) is 0 Å². The molecule has 1 N–H and O–H groups in total. The van der Waals surface area contributed by atoms with Gasteiger partial charge < -0.3 is 14.6 Å². The maximum Gasteiger partial charge on any atom is 0.237 e. The predicted octanol–water partition coefficient (Wildman–Crippen LogP) is 1.52. The van der Waals surface area contributed by atoms with Crippen molar-refractivity contribution in [1.29, 1.82) is 0 Å². The van der Waals surface area contributed by atoms with Crippen molar-refractivity contribution in [2.24, 2.45) is 0 Å². The molecule has 1 aliphatic heterocycles. The van der Waals surface area contributed by atoms with Crippen LogP contribution in [0.25, 0.3) is 0 Å². The molecule has 0 aromatic carbocycles. The molecule has 0 atom stereocenters. The van der Waals surface area contributed by atoms with Crippen LogP contribution in [0.5, 0.6) is 5.88 Å². The Bertz CT molecular complexity index is 412. The van der Waals surface area contributed by atoms with Crippen molar-refractivity contribution in [3.05, 3.63) is 12.1 Å². The highest BCUT2D eigenvalue weighted by Gasteiger charge is 2.34.